The number of aromatic nitrogens is 1. The summed E-state index contributed by atoms with van der Waals surface area (Å²) < 4.78 is 0. The number of urea groups is 1. The summed E-state index contributed by atoms with van der Waals surface area (Å²) in [5, 5.41) is 15.4. The zero-order valence-corrected chi connectivity index (χ0v) is 13.6. The zero-order valence-electron chi connectivity index (χ0n) is 13.6. The van der Waals surface area contributed by atoms with Crippen LogP contribution in [0.4, 0.5) is 10.6 Å². The molecule has 1 saturated heterocycles. The van der Waals surface area contributed by atoms with Gasteiger partial charge in [0, 0.05) is 25.3 Å². The van der Waals surface area contributed by atoms with Gasteiger partial charge in [0.15, 0.2) is 0 Å². The number of phenols is 1. The van der Waals surface area contributed by atoms with Crippen LogP contribution in [0.1, 0.15) is 24.9 Å². The van der Waals surface area contributed by atoms with E-state index in [1.165, 1.54) is 0 Å². The topological polar surface area (TPSA) is 77.5 Å². The Kier molecular flexibility index (Phi) is 4.84. The molecule has 1 fully saturated rings. The lowest BCUT2D eigenvalue weighted by atomic mass is 10.1. The van der Waals surface area contributed by atoms with Crippen LogP contribution in [0, 0.1) is 0 Å². The van der Waals surface area contributed by atoms with Gasteiger partial charge in [-0.05, 0) is 43.2 Å². The maximum atomic E-state index is 12.2. The van der Waals surface area contributed by atoms with Crippen LogP contribution >= 0.6 is 0 Å². The van der Waals surface area contributed by atoms with Gasteiger partial charge in [-0.1, -0.05) is 18.2 Å². The van der Waals surface area contributed by atoms with Gasteiger partial charge >= 0.3 is 6.03 Å². The van der Waals surface area contributed by atoms with Gasteiger partial charge in [-0.2, -0.15) is 0 Å². The Labute approximate surface area is 141 Å². The number of benzene rings is 1. The van der Waals surface area contributed by atoms with E-state index in [2.05, 4.69) is 20.5 Å². The molecule has 0 saturated carbocycles. The van der Waals surface area contributed by atoms with E-state index in [0.29, 0.717) is 0 Å². The van der Waals surface area contributed by atoms with Crippen LogP contribution in [0.3, 0.4) is 0 Å². The number of aromatic hydroxyl groups is 1. The molecule has 2 amide bonds. The third-order valence-corrected chi connectivity index (χ3v) is 4.21. The minimum atomic E-state index is -0.196. The van der Waals surface area contributed by atoms with E-state index >= 15 is 0 Å². The number of hydrogen-bond acceptors (Lipinski definition) is 4. The molecule has 0 spiro atoms. The summed E-state index contributed by atoms with van der Waals surface area (Å²) in [6.45, 7) is 3.53. The van der Waals surface area contributed by atoms with E-state index in [0.717, 1.165) is 30.9 Å². The molecule has 1 aliphatic heterocycles. The van der Waals surface area contributed by atoms with Crippen molar-refractivity contribution in [1.82, 2.24) is 15.6 Å². The Hall–Kier alpha value is -2.76. The fourth-order valence-corrected chi connectivity index (χ4v) is 2.93. The highest BCUT2D eigenvalue weighted by molar-refractivity contribution is 5.75. The summed E-state index contributed by atoms with van der Waals surface area (Å²) in [4.78, 5) is 18.7. The number of anilines is 1. The van der Waals surface area contributed by atoms with Crippen molar-refractivity contribution >= 4 is 11.8 Å². The molecule has 2 atom stereocenters. The molecular weight excluding hydrogens is 304 g/mol. The Morgan fingerprint density at radius 2 is 2.21 bits per heavy atom. The number of amides is 2. The summed E-state index contributed by atoms with van der Waals surface area (Å²) in [5.41, 5.74) is 0.867. The van der Waals surface area contributed by atoms with Gasteiger partial charge in [-0.3, -0.25) is 0 Å². The van der Waals surface area contributed by atoms with Crippen LogP contribution < -0.4 is 15.5 Å². The molecular formula is C18H22N4O2. The van der Waals surface area contributed by atoms with Crippen molar-refractivity contribution in [3.63, 3.8) is 0 Å². The molecule has 3 N–H and O–H groups in total. The fourth-order valence-electron chi connectivity index (χ4n) is 2.93. The summed E-state index contributed by atoms with van der Waals surface area (Å²) >= 11 is 0. The SMILES string of the molecule is C[C@@H](NC(=O)N[C@H]1CCN(c2ccccn2)C1)c1cccc(O)c1. The lowest BCUT2D eigenvalue weighted by Crippen LogP contribution is -2.44. The molecule has 24 heavy (non-hydrogen) atoms. The highest BCUT2D eigenvalue weighted by Crippen LogP contribution is 2.19. The van der Waals surface area contributed by atoms with Gasteiger partial charge in [-0.25, -0.2) is 9.78 Å². The van der Waals surface area contributed by atoms with Crippen molar-refractivity contribution in [2.24, 2.45) is 0 Å². The molecule has 0 radical (unpaired) electrons. The molecule has 0 unspecified atom stereocenters. The number of pyridine rings is 1. The highest BCUT2D eigenvalue weighted by atomic mass is 16.3. The standard InChI is InChI=1S/C18H22N4O2/c1-13(14-5-4-6-16(23)11-14)20-18(24)21-15-8-10-22(12-15)17-7-2-3-9-19-17/h2-7,9,11,13,15,23H,8,10,12H2,1H3,(H2,20,21,24)/t13-,15+/m1/s1. The van der Waals surface area contributed by atoms with Crippen LogP contribution in [0.15, 0.2) is 48.7 Å². The first-order valence-electron chi connectivity index (χ1n) is 8.14. The number of carbonyl (C=O) groups is 1. The molecule has 126 valence electrons. The lowest BCUT2D eigenvalue weighted by Gasteiger charge is -2.19. The number of nitrogens with zero attached hydrogens (tertiary/aromatic N) is 2. The number of rotatable bonds is 4. The molecule has 1 aromatic heterocycles. The second kappa shape index (κ2) is 7.21. The quantitative estimate of drug-likeness (QED) is 0.806. The number of phenolic OH excluding ortho intramolecular Hbond substituents is 1. The average Bonchev–Trinajstić information content (AvgIpc) is 3.04. The van der Waals surface area contributed by atoms with E-state index in [-0.39, 0.29) is 23.9 Å². The van der Waals surface area contributed by atoms with E-state index in [1.54, 1.807) is 24.4 Å². The average molecular weight is 326 g/mol. The molecule has 2 heterocycles. The maximum Gasteiger partial charge on any atom is 0.315 e. The van der Waals surface area contributed by atoms with E-state index in [9.17, 15) is 9.90 Å². The van der Waals surface area contributed by atoms with Crippen LogP contribution in [0.5, 0.6) is 5.75 Å². The van der Waals surface area contributed by atoms with Crippen LogP contribution in [0.2, 0.25) is 0 Å². The predicted octanol–water partition coefficient (Wildman–Crippen LogP) is 2.43. The molecule has 0 aliphatic carbocycles. The third kappa shape index (κ3) is 3.95. The smallest absolute Gasteiger partial charge is 0.315 e. The highest BCUT2D eigenvalue weighted by Gasteiger charge is 2.25. The Balaban J connectivity index is 1.51. The monoisotopic (exact) mass is 326 g/mol. The number of nitrogens with one attached hydrogen (secondary N) is 2. The van der Waals surface area contributed by atoms with Gasteiger partial charge < -0.3 is 20.6 Å². The third-order valence-electron chi connectivity index (χ3n) is 4.21. The van der Waals surface area contributed by atoms with Crippen LogP contribution in [-0.4, -0.2) is 35.3 Å². The van der Waals surface area contributed by atoms with Crippen molar-refractivity contribution in [3.05, 3.63) is 54.2 Å². The van der Waals surface area contributed by atoms with Gasteiger partial charge in [0.2, 0.25) is 0 Å². The summed E-state index contributed by atoms with van der Waals surface area (Å²) in [6, 6.07) is 12.5. The summed E-state index contributed by atoms with van der Waals surface area (Å²) in [5.74, 6) is 1.14. The van der Waals surface area contributed by atoms with Crippen LogP contribution in [0.25, 0.3) is 0 Å². The summed E-state index contributed by atoms with van der Waals surface area (Å²) in [6.07, 6.45) is 2.67. The van der Waals surface area contributed by atoms with Crippen molar-refractivity contribution < 1.29 is 9.90 Å². The van der Waals surface area contributed by atoms with Gasteiger partial charge in [0.05, 0.1) is 6.04 Å². The number of carbonyl (C=O) groups excluding carboxylic acids is 1. The van der Waals surface area contributed by atoms with Gasteiger partial charge in [0.25, 0.3) is 0 Å². The first kappa shape index (κ1) is 16.1. The molecule has 0 bridgehead atoms. The second-order valence-corrected chi connectivity index (χ2v) is 6.05. The van der Waals surface area contributed by atoms with Crippen molar-refractivity contribution in [2.45, 2.75) is 25.4 Å². The molecule has 1 aromatic carbocycles. The van der Waals surface area contributed by atoms with Crippen molar-refractivity contribution in [2.75, 3.05) is 18.0 Å². The van der Waals surface area contributed by atoms with Gasteiger partial charge in [0.1, 0.15) is 11.6 Å². The molecule has 6 heteroatoms. The molecule has 6 nitrogen and oxygen atoms in total. The number of hydrogen-bond donors (Lipinski definition) is 3. The van der Waals surface area contributed by atoms with E-state index < -0.39 is 0 Å². The fraction of sp³-hybridized carbons (Fsp3) is 0.333. The maximum absolute atomic E-state index is 12.2. The Morgan fingerprint density at radius 3 is 2.96 bits per heavy atom. The second-order valence-electron chi connectivity index (χ2n) is 6.05. The first-order chi connectivity index (χ1) is 11.6. The normalized spacial score (nSPS) is 18.2. The Morgan fingerprint density at radius 1 is 1.33 bits per heavy atom. The predicted molar refractivity (Wildman–Crippen MR) is 93.0 cm³/mol. The zero-order chi connectivity index (χ0) is 16.9. The molecule has 3 rings (SSSR count). The largest absolute Gasteiger partial charge is 0.508 e. The van der Waals surface area contributed by atoms with Crippen LogP contribution in [-0.2, 0) is 0 Å². The summed E-state index contributed by atoms with van der Waals surface area (Å²) in [7, 11) is 0. The van der Waals surface area contributed by atoms with E-state index in [4.69, 9.17) is 0 Å². The minimum Gasteiger partial charge on any atom is -0.508 e. The van der Waals surface area contributed by atoms with Crippen molar-refractivity contribution in [1.29, 1.82) is 0 Å². The van der Waals surface area contributed by atoms with Gasteiger partial charge in [-0.15, -0.1) is 0 Å². The van der Waals surface area contributed by atoms with E-state index in [1.807, 2.05) is 31.2 Å². The Bertz CT molecular complexity index is 692. The molecule has 1 aliphatic rings. The van der Waals surface area contributed by atoms with Crippen molar-refractivity contribution in [3.8, 4) is 5.75 Å². The molecule has 2 aromatic rings. The lowest BCUT2D eigenvalue weighted by molar-refractivity contribution is 0.235. The minimum absolute atomic E-state index is 0.100. The first-order valence-corrected chi connectivity index (χ1v) is 8.14.